The summed E-state index contributed by atoms with van der Waals surface area (Å²) in [4.78, 5) is 19.9. The highest BCUT2D eigenvalue weighted by Gasteiger charge is 2.26. The van der Waals surface area contributed by atoms with E-state index in [1.165, 1.54) is 22.3 Å². The Labute approximate surface area is 122 Å². The molecule has 1 aliphatic rings. The number of anilines is 1. The van der Waals surface area contributed by atoms with Crippen LogP contribution in [0.1, 0.15) is 45.0 Å². The van der Waals surface area contributed by atoms with E-state index in [-0.39, 0.29) is 5.56 Å². The summed E-state index contributed by atoms with van der Waals surface area (Å²) in [6.07, 6.45) is 4.41. The van der Waals surface area contributed by atoms with Crippen LogP contribution < -0.4 is 10.5 Å². The van der Waals surface area contributed by atoms with Gasteiger partial charge in [0.15, 0.2) is 0 Å². The zero-order chi connectivity index (χ0) is 14.3. The van der Waals surface area contributed by atoms with Gasteiger partial charge in [-0.1, -0.05) is 18.3 Å². The third-order valence-corrected chi connectivity index (χ3v) is 5.09. The summed E-state index contributed by atoms with van der Waals surface area (Å²) in [5.41, 5.74) is -0.0778. The van der Waals surface area contributed by atoms with Crippen molar-refractivity contribution in [2.75, 3.05) is 4.90 Å². The van der Waals surface area contributed by atoms with E-state index in [9.17, 15) is 4.79 Å². The van der Waals surface area contributed by atoms with Gasteiger partial charge in [0.2, 0.25) is 4.96 Å². The zero-order valence-corrected chi connectivity index (χ0v) is 13.0. The molecule has 2 atom stereocenters. The third kappa shape index (κ3) is 2.22. The number of aromatic nitrogens is 3. The molecule has 0 radical (unpaired) electrons. The predicted octanol–water partition coefficient (Wildman–Crippen LogP) is 2.48. The quantitative estimate of drug-likeness (QED) is 0.853. The van der Waals surface area contributed by atoms with Crippen LogP contribution in [-0.2, 0) is 6.42 Å². The van der Waals surface area contributed by atoms with E-state index in [1.807, 2.05) is 6.92 Å². The predicted molar refractivity (Wildman–Crippen MR) is 81.8 cm³/mol. The van der Waals surface area contributed by atoms with E-state index in [0.717, 1.165) is 30.1 Å². The van der Waals surface area contributed by atoms with Gasteiger partial charge >= 0.3 is 0 Å². The Bertz CT molecular complexity index is 667. The number of aryl methyl sites for hydroxylation is 1. The molecule has 0 aromatic carbocycles. The fourth-order valence-corrected chi connectivity index (χ4v) is 3.82. The average Bonchev–Trinajstić information content (AvgIpc) is 2.82. The molecule has 0 amide bonds. The summed E-state index contributed by atoms with van der Waals surface area (Å²) in [6, 6.07) is 2.50. The second-order valence-electron chi connectivity index (χ2n) is 5.53. The second kappa shape index (κ2) is 5.16. The molecule has 1 fully saturated rings. The third-order valence-electron chi connectivity index (χ3n) is 4.03. The Morgan fingerprint density at radius 2 is 2.05 bits per heavy atom. The SMILES string of the molecule is CCc1nn2c(=O)cc(N3C(C)CCCC3C)nc2s1. The summed E-state index contributed by atoms with van der Waals surface area (Å²) < 4.78 is 1.42. The summed E-state index contributed by atoms with van der Waals surface area (Å²) in [5.74, 6) is 0.806. The first-order valence-electron chi connectivity index (χ1n) is 7.28. The molecule has 2 aromatic heterocycles. The molecule has 2 unspecified atom stereocenters. The molecule has 0 spiro atoms. The average molecular weight is 292 g/mol. The number of rotatable bonds is 2. The second-order valence-corrected chi connectivity index (χ2v) is 6.57. The maximum Gasteiger partial charge on any atom is 0.277 e. The van der Waals surface area contributed by atoms with Gasteiger partial charge in [0.25, 0.3) is 5.56 Å². The van der Waals surface area contributed by atoms with Crippen LogP contribution in [0.2, 0.25) is 0 Å². The Morgan fingerprint density at radius 1 is 1.35 bits per heavy atom. The maximum absolute atomic E-state index is 12.2. The standard InChI is InChI=1S/C14H20N4OS/c1-4-12-16-18-13(19)8-11(15-14(18)20-12)17-9(2)6-5-7-10(17)3/h8-10H,4-7H2,1-3H3. The molecule has 0 bridgehead atoms. The van der Waals surface area contributed by atoms with Crippen LogP contribution >= 0.6 is 11.3 Å². The number of hydrogen-bond donors (Lipinski definition) is 0. The molecular formula is C14H20N4OS. The Kier molecular flexibility index (Phi) is 3.50. The molecule has 6 heteroatoms. The summed E-state index contributed by atoms with van der Waals surface area (Å²) in [6.45, 7) is 6.46. The van der Waals surface area contributed by atoms with Gasteiger partial charge in [-0.15, -0.1) is 0 Å². The van der Waals surface area contributed by atoms with E-state index in [1.54, 1.807) is 6.07 Å². The molecule has 1 aliphatic heterocycles. The van der Waals surface area contributed by atoms with Crippen molar-refractivity contribution in [1.82, 2.24) is 14.6 Å². The number of fused-ring (bicyclic) bond motifs is 1. The minimum absolute atomic E-state index is 0.0778. The van der Waals surface area contributed by atoms with Gasteiger partial charge in [0.1, 0.15) is 10.8 Å². The van der Waals surface area contributed by atoms with Crippen molar-refractivity contribution in [3.63, 3.8) is 0 Å². The molecule has 20 heavy (non-hydrogen) atoms. The molecular weight excluding hydrogens is 272 g/mol. The van der Waals surface area contributed by atoms with Gasteiger partial charge in [-0.3, -0.25) is 4.79 Å². The van der Waals surface area contributed by atoms with E-state index >= 15 is 0 Å². The van der Waals surface area contributed by atoms with Crippen LogP contribution in [0.25, 0.3) is 4.96 Å². The largest absolute Gasteiger partial charge is 0.351 e. The summed E-state index contributed by atoms with van der Waals surface area (Å²) >= 11 is 1.51. The first kappa shape index (κ1) is 13.5. The molecule has 3 rings (SSSR count). The lowest BCUT2D eigenvalue weighted by Gasteiger charge is -2.39. The number of hydrogen-bond acceptors (Lipinski definition) is 5. The van der Waals surface area contributed by atoms with Crippen molar-refractivity contribution in [3.05, 3.63) is 21.4 Å². The minimum Gasteiger partial charge on any atom is -0.351 e. The summed E-state index contributed by atoms with van der Waals surface area (Å²) in [7, 11) is 0. The van der Waals surface area contributed by atoms with Crippen molar-refractivity contribution in [2.45, 2.75) is 58.5 Å². The molecule has 2 aromatic rings. The fourth-order valence-electron chi connectivity index (χ4n) is 2.99. The molecule has 1 saturated heterocycles. The molecule has 5 nitrogen and oxygen atoms in total. The normalized spacial score (nSPS) is 23.4. The molecule has 0 aliphatic carbocycles. The van der Waals surface area contributed by atoms with E-state index in [0.29, 0.717) is 17.0 Å². The van der Waals surface area contributed by atoms with Crippen molar-refractivity contribution in [2.24, 2.45) is 0 Å². The lowest BCUT2D eigenvalue weighted by molar-refractivity contribution is 0.411. The monoisotopic (exact) mass is 292 g/mol. The van der Waals surface area contributed by atoms with E-state index < -0.39 is 0 Å². The van der Waals surface area contributed by atoms with Crippen molar-refractivity contribution >= 4 is 22.1 Å². The van der Waals surface area contributed by atoms with Gasteiger partial charge in [-0.25, -0.2) is 4.98 Å². The van der Waals surface area contributed by atoms with Gasteiger partial charge in [-0.2, -0.15) is 9.61 Å². The lowest BCUT2D eigenvalue weighted by Crippen LogP contribution is -2.44. The molecule has 0 N–H and O–H groups in total. The van der Waals surface area contributed by atoms with Crippen LogP contribution in [0.3, 0.4) is 0 Å². The van der Waals surface area contributed by atoms with Gasteiger partial charge < -0.3 is 4.90 Å². The molecule has 3 heterocycles. The van der Waals surface area contributed by atoms with E-state index in [2.05, 4.69) is 28.8 Å². The van der Waals surface area contributed by atoms with Crippen molar-refractivity contribution < 1.29 is 0 Å². The van der Waals surface area contributed by atoms with Crippen LogP contribution in [0, 0.1) is 0 Å². The molecule has 0 saturated carbocycles. The highest BCUT2D eigenvalue weighted by atomic mass is 32.1. The van der Waals surface area contributed by atoms with Crippen molar-refractivity contribution in [3.8, 4) is 0 Å². The highest BCUT2D eigenvalue weighted by molar-refractivity contribution is 7.16. The van der Waals surface area contributed by atoms with E-state index in [4.69, 9.17) is 0 Å². The number of piperidine rings is 1. The first-order valence-corrected chi connectivity index (χ1v) is 8.10. The Morgan fingerprint density at radius 3 is 2.70 bits per heavy atom. The maximum atomic E-state index is 12.2. The van der Waals surface area contributed by atoms with Crippen LogP contribution in [0.4, 0.5) is 5.82 Å². The smallest absolute Gasteiger partial charge is 0.277 e. The van der Waals surface area contributed by atoms with Crippen LogP contribution in [0.5, 0.6) is 0 Å². The molecule has 108 valence electrons. The van der Waals surface area contributed by atoms with Crippen LogP contribution in [0.15, 0.2) is 10.9 Å². The van der Waals surface area contributed by atoms with Gasteiger partial charge in [0.05, 0.1) is 0 Å². The van der Waals surface area contributed by atoms with Crippen molar-refractivity contribution in [1.29, 1.82) is 0 Å². The Balaban J connectivity index is 2.09. The topological polar surface area (TPSA) is 50.5 Å². The van der Waals surface area contributed by atoms with Gasteiger partial charge in [-0.05, 0) is 39.5 Å². The first-order chi connectivity index (χ1) is 9.60. The van der Waals surface area contributed by atoms with Crippen LogP contribution in [-0.4, -0.2) is 26.7 Å². The number of nitrogens with zero attached hydrogens (tertiary/aromatic N) is 4. The summed E-state index contributed by atoms with van der Waals surface area (Å²) in [5, 5.41) is 5.25. The lowest BCUT2D eigenvalue weighted by atomic mass is 9.98. The van der Waals surface area contributed by atoms with Gasteiger partial charge in [0, 0.05) is 18.2 Å². The Hall–Kier alpha value is -1.43. The zero-order valence-electron chi connectivity index (χ0n) is 12.2. The highest BCUT2D eigenvalue weighted by Crippen LogP contribution is 2.27. The fraction of sp³-hybridized carbons (Fsp3) is 0.643. The minimum atomic E-state index is -0.0778.